The fraction of sp³-hybridized carbons (Fsp3) is 0.261. The van der Waals surface area contributed by atoms with Crippen LogP contribution in [0, 0.1) is 0 Å². The number of para-hydroxylation sites is 2. The van der Waals surface area contributed by atoms with E-state index >= 15 is 0 Å². The van der Waals surface area contributed by atoms with Crippen molar-refractivity contribution in [3.05, 3.63) is 76.0 Å². The van der Waals surface area contributed by atoms with Gasteiger partial charge in [0.15, 0.2) is 0 Å². The zero-order valence-electron chi connectivity index (χ0n) is 16.0. The maximum Gasteiger partial charge on any atom is 0.258 e. The smallest absolute Gasteiger partial charge is 0.258 e. The third kappa shape index (κ3) is 3.31. The molecule has 1 atom stereocenters. The van der Waals surface area contributed by atoms with E-state index < -0.39 is 0 Å². The van der Waals surface area contributed by atoms with Crippen LogP contribution in [0.15, 0.2) is 53.3 Å². The van der Waals surface area contributed by atoms with Gasteiger partial charge in [-0.1, -0.05) is 30.3 Å². The molecule has 6 heteroatoms. The zero-order chi connectivity index (χ0) is 19.8. The van der Waals surface area contributed by atoms with E-state index in [0.29, 0.717) is 23.1 Å². The Bertz CT molecular complexity index is 1270. The third-order valence-corrected chi connectivity index (χ3v) is 5.70. The van der Waals surface area contributed by atoms with Gasteiger partial charge < -0.3 is 15.3 Å². The van der Waals surface area contributed by atoms with Gasteiger partial charge in [-0.15, -0.1) is 0 Å². The maximum atomic E-state index is 12.6. The van der Waals surface area contributed by atoms with Gasteiger partial charge in [0.25, 0.3) is 5.56 Å². The first-order chi connectivity index (χ1) is 14.2. The van der Waals surface area contributed by atoms with E-state index in [-0.39, 0.29) is 23.9 Å². The van der Waals surface area contributed by atoms with Gasteiger partial charge in [-0.3, -0.25) is 9.59 Å². The summed E-state index contributed by atoms with van der Waals surface area (Å²) in [4.78, 5) is 35.6. The quantitative estimate of drug-likeness (QED) is 0.501. The van der Waals surface area contributed by atoms with Crippen LogP contribution in [0.4, 0.5) is 0 Å². The number of fused-ring (bicyclic) bond motifs is 4. The van der Waals surface area contributed by atoms with Gasteiger partial charge in [-0.2, -0.15) is 0 Å². The summed E-state index contributed by atoms with van der Waals surface area (Å²) in [6.07, 6.45) is 3.70. The number of amides is 1. The largest absolute Gasteiger partial charge is 0.356 e. The summed E-state index contributed by atoms with van der Waals surface area (Å²) in [5.41, 5.74) is 4.06. The van der Waals surface area contributed by atoms with Gasteiger partial charge in [-0.05, 0) is 43.0 Å². The molecule has 0 aliphatic heterocycles. The number of carbonyl (C=O) groups excluding carboxylic acids is 1. The van der Waals surface area contributed by atoms with Crippen molar-refractivity contribution in [2.24, 2.45) is 0 Å². The molecular formula is C23H22N4O2. The van der Waals surface area contributed by atoms with E-state index in [9.17, 15) is 9.59 Å². The van der Waals surface area contributed by atoms with E-state index in [2.05, 4.69) is 38.5 Å². The van der Waals surface area contributed by atoms with Crippen molar-refractivity contribution >= 4 is 27.7 Å². The Morgan fingerprint density at radius 3 is 2.76 bits per heavy atom. The van der Waals surface area contributed by atoms with Crippen molar-refractivity contribution < 1.29 is 4.79 Å². The van der Waals surface area contributed by atoms with E-state index in [1.165, 1.54) is 10.9 Å². The molecule has 1 aliphatic carbocycles. The number of carbonyl (C=O) groups is 1. The second-order valence-electron chi connectivity index (χ2n) is 7.60. The molecule has 2 heterocycles. The lowest BCUT2D eigenvalue weighted by atomic mass is 9.91. The van der Waals surface area contributed by atoms with E-state index in [0.717, 1.165) is 30.5 Å². The predicted molar refractivity (Wildman–Crippen MR) is 113 cm³/mol. The first-order valence-electron chi connectivity index (χ1n) is 10.1. The van der Waals surface area contributed by atoms with Crippen LogP contribution in [-0.2, 0) is 17.6 Å². The number of rotatable bonds is 4. The summed E-state index contributed by atoms with van der Waals surface area (Å²) < 4.78 is 0. The lowest BCUT2D eigenvalue weighted by Crippen LogP contribution is -2.31. The fourth-order valence-electron chi connectivity index (χ4n) is 4.31. The van der Waals surface area contributed by atoms with Gasteiger partial charge in [0, 0.05) is 29.4 Å². The number of hydrogen-bond donors (Lipinski definition) is 3. The molecule has 1 amide bonds. The van der Waals surface area contributed by atoms with Crippen molar-refractivity contribution in [2.75, 3.05) is 0 Å². The molecule has 6 nitrogen and oxygen atoms in total. The fourth-order valence-corrected chi connectivity index (χ4v) is 4.31. The third-order valence-electron chi connectivity index (χ3n) is 5.70. The van der Waals surface area contributed by atoms with E-state index in [4.69, 9.17) is 0 Å². The Morgan fingerprint density at radius 2 is 1.86 bits per heavy atom. The molecule has 0 spiro atoms. The molecule has 29 heavy (non-hydrogen) atoms. The summed E-state index contributed by atoms with van der Waals surface area (Å²) in [5, 5.41) is 4.98. The molecule has 0 saturated heterocycles. The SMILES string of the molecule is O=C(CCc1nc2ccccc2c(=O)[nH]1)NC1CCCc2c1[nH]c1ccccc21. The van der Waals surface area contributed by atoms with Crippen LogP contribution in [-0.4, -0.2) is 20.9 Å². The van der Waals surface area contributed by atoms with Gasteiger partial charge in [0.2, 0.25) is 5.91 Å². The van der Waals surface area contributed by atoms with Crippen LogP contribution in [0.1, 0.15) is 42.4 Å². The number of aromatic nitrogens is 3. The van der Waals surface area contributed by atoms with Crippen LogP contribution >= 0.6 is 0 Å². The lowest BCUT2D eigenvalue weighted by molar-refractivity contribution is -0.122. The molecule has 1 unspecified atom stereocenters. The first kappa shape index (κ1) is 17.7. The zero-order valence-corrected chi connectivity index (χ0v) is 16.0. The molecule has 0 saturated carbocycles. The highest BCUT2D eigenvalue weighted by Gasteiger charge is 2.25. The highest BCUT2D eigenvalue weighted by molar-refractivity contribution is 5.85. The molecule has 2 aromatic carbocycles. The van der Waals surface area contributed by atoms with Crippen LogP contribution in [0.5, 0.6) is 0 Å². The molecule has 3 N–H and O–H groups in total. The van der Waals surface area contributed by atoms with Crippen molar-refractivity contribution in [1.29, 1.82) is 0 Å². The Balaban J connectivity index is 1.30. The van der Waals surface area contributed by atoms with Gasteiger partial charge >= 0.3 is 0 Å². The highest BCUT2D eigenvalue weighted by Crippen LogP contribution is 2.34. The monoisotopic (exact) mass is 386 g/mol. The predicted octanol–water partition coefficient (Wildman–Crippen LogP) is 3.53. The standard InChI is InChI=1S/C23H22N4O2/c28-21(13-12-20-24-18-10-4-2-7-16(18)23(29)27-20)25-19-11-5-8-15-14-6-1-3-9-17(14)26-22(15)19/h1-4,6-7,9-10,19,26H,5,8,11-13H2,(H,25,28)(H,24,27,29). The average Bonchev–Trinajstić information content (AvgIpc) is 3.12. The van der Waals surface area contributed by atoms with Crippen LogP contribution in [0.25, 0.3) is 21.8 Å². The summed E-state index contributed by atoms with van der Waals surface area (Å²) in [7, 11) is 0. The van der Waals surface area contributed by atoms with E-state index in [1.54, 1.807) is 6.07 Å². The second-order valence-corrected chi connectivity index (χ2v) is 7.60. The Labute approximate surface area is 167 Å². The normalized spacial score (nSPS) is 16.1. The molecule has 1 aliphatic rings. The highest BCUT2D eigenvalue weighted by atomic mass is 16.1. The molecule has 2 aromatic heterocycles. The topological polar surface area (TPSA) is 90.6 Å². The Hall–Kier alpha value is -3.41. The van der Waals surface area contributed by atoms with Crippen LogP contribution in [0.3, 0.4) is 0 Å². The number of benzene rings is 2. The molecule has 146 valence electrons. The van der Waals surface area contributed by atoms with Crippen molar-refractivity contribution in [1.82, 2.24) is 20.3 Å². The minimum atomic E-state index is -0.166. The molecule has 0 radical (unpaired) electrons. The van der Waals surface area contributed by atoms with Gasteiger partial charge in [-0.25, -0.2) is 4.98 Å². The average molecular weight is 386 g/mol. The molecule has 0 bridgehead atoms. The second kappa shape index (κ2) is 7.20. The summed E-state index contributed by atoms with van der Waals surface area (Å²) in [6.45, 7) is 0. The van der Waals surface area contributed by atoms with Gasteiger partial charge in [0.05, 0.1) is 16.9 Å². The molecule has 5 rings (SSSR count). The van der Waals surface area contributed by atoms with E-state index in [1.807, 2.05) is 24.3 Å². The summed E-state index contributed by atoms with van der Waals surface area (Å²) in [5.74, 6) is 0.510. The number of aromatic amines is 2. The van der Waals surface area contributed by atoms with Crippen molar-refractivity contribution in [3.63, 3.8) is 0 Å². The lowest BCUT2D eigenvalue weighted by Gasteiger charge is -2.23. The molecule has 4 aromatic rings. The maximum absolute atomic E-state index is 12.6. The first-order valence-corrected chi connectivity index (χ1v) is 10.1. The Kier molecular flexibility index (Phi) is 4.39. The van der Waals surface area contributed by atoms with Crippen LogP contribution in [0.2, 0.25) is 0 Å². The minimum absolute atomic E-state index is 0.00209. The van der Waals surface area contributed by atoms with Crippen molar-refractivity contribution in [2.45, 2.75) is 38.1 Å². The summed E-state index contributed by atoms with van der Waals surface area (Å²) in [6, 6.07) is 15.5. The number of nitrogens with one attached hydrogen (secondary N) is 3. The number of nitrogens with zero attached hydrogens (tertiary/aromatic N) is 1. The number of hydrogen-bond acceptors (Lipinski definition) is 3. The Morgan fingerprint density at radius 1 is 1.07 bits per heavy atom. The molecular weight excluding hydrogens is 364 g/mol. The van der Waals surface area contributed by atoms with Crippen molar-refractivity contribution in [3.8, 4) is 0 Å². The molecule has 0 fully saturated rings. The minimum Gasteiger partial charge on any atom is -0.356 e. The number of H-pyrrole nitrogens is 2. The van der Waals surface area contributed by atoms with Crippen LogP contribution < -0.4 is 10.9 Å². The van der Waals surface area contributed by atoms with Gasteiger partial charge in [0.1, 0.15) is 5.82 Å². The summed E-state index contributed by atoms with van der Waals surface area (Å²) >= 11 is 0. The number of aryl methyl sites for hydroxylation is 2.